The molecule has 0 aliphatic carbocycles. The summed E-state index contributed by atoms with van der Waals surface area (Å²) >= 11 is 0. The first-order chi connectivity index (χ1) is 5.00. The quantitative estimate of drug-likeness (QED) is 0.495. The van der Waals surface area contributed by atoms with Gasteiger partial charge in [0.2, 0.25) is 0 Å². The van der Waals surface area contributed by atoms with Gasteiger partial charge in [-0.05, 0) is 12.2 Å². The lowest BCUT2D eigenvalue weighted by atomic mass is 10.4. The van der Waals surface area contributed by atoms with E-state index in [9.17, 15) is 0 Å². The Morgan fingerprint density at radius 1 is 1.00 bits per heavy atom. The van der Waals surface area contributed by atoms with Crippen molar-refractivity contribution in [3.63, 3.8) is 0 Å². The van der Waals surface area contributed by atoms with E-state index in [-0.39, 0.29) is 0 Å². The highest BCUT2D eigenvalue weighted by molar-refractivity contribution is 5.71. The van der Waals surface area contributed by atoms with Crippen LogP contribution in [0, 0.1) is 0 Å². The van der Waals surface area contributed by atoms with Crippen molar-refractivity contribution >= 4 is 6.21 Å². The van der Waals surface area contributed by atoms with Crippen molar-refractivity contribution < 1.29 is 4.74 Å². The molecule has 0 saturated carbocycles. The maximum atomic E-state index is 4.95. The summed E-state index contributed by atoms with van der Waals surface area (Å²) in [6.45, 7) is 0.397. The van der Waals surface area contributed by atoms with Gasteiger partial charge in [-0.3, -0.25) is 4.99 Å². The Labute approximate surface area is 60.2 Å². The van der Waals surface area contributed by atoms with Crippen molar-refractivity contribution in [3.8, 4) is 0 Å². The lowest BCUT2D eigenvalue weighted by molar-refractivity contribution is 0.262. The average molecular weight is 135 g/mol. The Morgan fingerprint density at radius 3 is 2.80 bits per heavy atom. The minimum absolute atomic E-state index is 0.397. The van der Waals surface area contributed by atoms with Crippen LogP contribution >= 0.6 is 0 Å². The molecule has 0 atom stereocenters. The molecule has 1 aliphatic rings. The van der Waals surface area contributed by atoms with Crippen LogP contribution in [0.2, 0.25) is 0 Å². The molecule has 10 heavy (non-hydrogen) atoms. The molecule has 2 heteroatoms. The zero-order valence-electron chi connectivity index (χ0n) is 5.60. The third kappa shape index (κ3) is 2.87. The number of nitrogens with zero attached hydrogens (tertiary/aromatic N) is 1. The molecule has 0 amide bonds. The fraction of sp³-hybridized carbons (Fsp3) is 0.125. The van der Waals surface area contributed by atoms with E-state index in [2.05, 4.69) is 4.99 Å². The van der Waals surface area contributed by atoms with Crippen LogP contribution in [0.5, 0.6) is 0 Å². The van der Waals surface area contributed by atoms with Gasteiger partial charge in [0, 0.05) is 6.21 Å². The first kappa shape index (κ1) is 6.81. The molecule has 1 rings (SSSR count). The van der Waals surface area contributed by atoms with E-state index in [0.29, 0.717) is 6.73 Å². The third-order valence-electron chi connectivity index (χ3n) is 0.960. The third-order valence-corrected chi connectivity index (χ3v) is 0.960. The van der Waals surface area contributed by atoms with Gasteiger partial charge >= 0.3 is 0 Å². The number of hydrogen-bond acceptors (Lipinski definition) is 2. The standard InChI is InChI=1S/C8H9NO/c1-2-4-6-9-8-10-7-5-3-1/h1-7H,8H2. The van der Waals surface area contributed by atoms with E-state index in [0.717, 1.165) is 0 Å². The molecule has 1 heterocycles. The van der Waals surface area contributed by atoms with Crippen LogP contribution in [-0.2, 0) is 4.74 Å². The molecule has 52 valence electrons. The summed E-state index contributed by atoms with van der Waals surface area (Å²) in [7, 11) is 0. The lowest BCUT2D eigenvalue weighted by Crippen LogP contribution is -1.81. The highest BCUT2D eigenvalue weighted by atomic mass is 16.5. The largest absolute Gasteiger partial charge is 0.479 e. The SMILES string of the molecule is C1=CC=COCN=CC=C1. The van der Waals surface area contributed by atoms with E-state index < -0.39 is 0 Å². The van der Waals surface area contributed by atoms with Gasteiger partial charge in [0.15, 0.2) is 6.73 Å². The van der Waals surface area contributed by atoms with Crippen LogP contribution in [0.1, 0.15) is 0 Å². The van der Waals surface area contributed by atoms with Gasteiger partial charge in [-0.2, -0.15) is 0 Å². The molecular formula is C8H9NO. The van der Waals surface area contributed by atoms with Crippen molar-refractivity contribution in [1.29, 1.82) is 0 Å². The molecule has 0 aromatic rings. The van der Waals surface area contributed by atoms with Crippen molar-refractivity contribution in [2.45, 2.75) is 0 Å². The molecule has 0 radical (unpaired) electrons. The molecule has 0 aromatic heterocycles. The smallest absolute Gasteiger partial charge is 0.178 e. The Kier molecular flexibility index (Phi) is 3.10. The highest BCUT2D eigenvalue weighted by Crippen LogP contribution is 1.84. The van der Waals surface area contributed by atoms with Gasteiger partial charge < -0.3 is 4.74 Å². The Balaban J connectivity index is 2.53. The zero-order valence-corrected chi connectivity index (χ0v) is 5.60. The van der Waals surface area contributed by atoms with Crippen LogP contribution in [0.4, 0.5) is 0 Å². The molecule has 0 N–H and O–H groups in total. The Morgan fingerprint density at radius 2 is 1.80 bits per heavy atom. The topological polar surface area (TPSA) is 21.6 Å². The van der Waals surface area contributed by atoms with E-state index in [1.54, 1.807) is 12.5 Å². The highest BCUT2D eigenvalue weighted by Gasteiger charge is 1.73. The molecular weight excluding hydrogens is 126 g/mol. The summed E-state index contributed by atoms with van der Waals surface area (Å²) in [4.78, 5) is 3.91. The molecule has 2 nitrogen and oxygen atoms in total. The number of aliphatic imine (C=N–C) groups is 1. The summed E-state index contributed by atoms with van der Waals surface area (Å²) in [5.41, 5.74) is 0. The van der Waals surface area contributed by atoms with E-state index in [4.69, 9.17) is 4.74 Å². The maximum absolute atomic E-state index is 4.95. The molecule has 0 aromatic carbocycles. The number of allylic oxidation sites excluding steroid dienone is 5. The summed E-state index contributed by atoms with van der Waals surface area (Å²) < 4.78 is 4.95. The second kappa shape index (κ2) is 4.56. The average Bonchev–Trinajstić information content (AvgIpc) is 2.01. The van der Waals surface area contributed by atoms with E-state index in [1.807, 2.05) is 30.4 Å². The minimum Gasteiger partial charge on any atom is -0.479 e. The van der Waals surface area contributed by atoms with E-state index in [1.165, 1.54) is 0 Å². The minimum atomic E-state index is 0.397. The normalized spacial score (nSPS) is 16.8. The van der Waals surface area contributed by atoms with Crippen molar-refractivity contribution in [3.05, 3.63) is 36.6 Å². The number of hydrogen-bond donors (Lipinski definition) is 0. The van der Waals surface area contributed by atoms with Gasteiger partial charge in [-0.25, -0.2) is 0 Å². The summed E-state index contributed by atoms with van der Waals surface area (Å²) in [5.74, 6) is 0. The lowest BCUT2D eigenvalue weighted by Gasteiger charge is -1.91. The van der Waals surface area contributed by atoms with Crippen molar-refractivity contribution in [1.82, 2.24) is 0 Å². The van der Waals surface area contributed by atoms with E-state index >= 15 is 0 Å². The van der Waals surface area contributed by atoms with Gasteiger partial charge in [0.05, 0.1) is 6.26 Å². The number of rotatable bonds is 0. The monoisotopic (exact) mass is 135 g/mol. The first-order valence-electron chi connectivity index (χ1n) is 3.10. The Hall–Kier alpha value is -1.31. The van der Waals surface area contributed by atoms with Gasteiger partial charge in [0.25, 0.3) is 0 Å². The van der Waals surface area contributed by atoms with Crippen LogP contribution in [0.25, 0.3) is 0 Å². The molecule has 0 unspecified atom stereocenters. The molecule has 0 bridgehead atoms. The molecule has 0 fully saturated rings. The summed E-state index contributed by atoms with van der Waals surface area (Å²) in [6.07, 6.45) is 12.7. The van der Waals surface area contributed by atoms with Crippen LogP contribution in [0.3, 0.4) is 0 Å². The molecule has 0 saturated heterocycles. The molecule has 1 aliphatic heterocycles. The van der Waals surface area contributed by atoms with Crippen LogP contribution in [0.15, 0.2) is 41.6 Å². The first-order valence-corrected chi connectivity index (χ1v) is 3.10. The second-order valence-corrected chi connectivity index (χ2v) is 1.73. The summed E-state index contributed by atoms with van der Waals surface area (Å²) in [6, 6.07) is 0. The van der Waals surface area contributed by atoms with Crippen molar-refractivity contribution in [2.24, 2.45) is 4.99 Å². The fourth-order valence-electron chi connectivity index (χ4n) is 0.533. The van der Waals surface area contributed by atoms with Gasteiger partial charge in [-0.15, -0.1) is 0 Å². The van der Waals surface area contributed by atoms with Crippen molar-refractivity contribution in [2.75, 3.05) is 6.73 Å². The fourth-order valence-corrected chi connectivity index (χ4v) is 0.533. The molecule has 0 spiro atoms. The predicted molar refractivity (Wildman–Crippen MR) is 41.9 cm³/mol. The Bertz CT molecular complexity index is 167. The van der Waals surface area contributed by atoms with Crippen LogP contribution < -0.4 is 0 Å². The van der Waals surface area contributed by atoms with Crippen LogP contribution in [-0.4, -0.2) is 12.9 Å². The predicted octanol–water partition coefficient (Wildman–Crippen LogP) is 1.67. The second-order valence-electron chi connectivity index (χ2n) is 1.73. The summed E-state index contributed by atoms with van der Waals surface area (Å²) in [5, 5.41) is 0. The number of ether oxygens (including phenoxy) is 1. The van der Waals surface area contributed by atoms with Gasteiger partial charge in [0.1, 0.15) is 0 Å². The zero-order chi connectivity index (χ0) is 7.07. The maximum Gasteiger partial charge on any atom is 0.178 e. The van der Waals surface area contributed by atoms with Gasteiger partial charge in [-0.1, -0.05) is 18.2 Å².